The first-order valence-electron chi connectivity index (χ1n) is 21.7. The molecule has 4 aliphatic heterocycles. The molecule has 4 aliphatic rings. The second-order valence-electron chi connectivity index (χ2n) is 17.4. The van der Waals surface area contributed by atoms with Crippen molar-refractivity contribution in [2.24, 2.45) is 0 Å². The van der Waals surface area contributed by atoms with Gasteiger partial charge in [-0.25, -0.2) is 26.3 Å². The van der Waals surface area contributed by atoms with Crippen molar-refractivity contribution < 1.29 is 195 Å². The summed E-state index contributed by atoms with van der Waals surface area (Å²) in [7, 11) is -27.8. The van der Waals surface area contributed by atoms with Crippen molar-refractivity contribution in [3.8, 4) is 0 Å². The molecule has 0 spiro atoms. The number of ether oxygens (including phenoxy) is 10. The van der Waals surface area contributed by atoms with E-state index >= 15 is 0 Å². The topological polar surface area (TPSA) is 624 Å². The first kappa shape index (κ1) is 79.0. The molecule has 0 aromatic rings. The van der Waals surface area contributed by atoms with Crippen LogP contribution in [0, 0.1) is 7.11 Å². The van der Waals surface area contributed by atoms with Crippen LogP contribution in [-0.4, -0.2) is 281 Å². The summed E-state index contributed by atoms with van der Waals surface area (Å²) in [6.07, 6.45) is -37.4. The van der Waals surface area contributed by atoms with Gasteiger partial charge in [0.2, 0.25) is 21.7 Å². The van der Waals surface area contributed by atoms with Gasteiger partial charge in [0, 0.05) is 21.3 Å². The van der Waals surface area contributed by atoms with Crippen LogP contribution in [-0.2, 0) is 140 Å². The van der Waals surface area contributed by atoms with Crippen LogP contribution in [0.1, 0.15) is 0 Å². The second kappa shape index (κ2) is 32.8. The third-order valence-electron chi connectivity index (χ3n) is 10.6. The first-order chi connectivity index (χ1) is 37.7. The van der Waals surface area contributed by atoms with E-state index in [0.717, 1.165) is 21.3 Å². The summed E-state index contributed by atoms with van der Waals surface area (Å²) in [4.78, 5) is 23.4. The molecule has 0 aliphatic carbocycles. The minimum atomic E-state index is -5.41. The number of carboxylic acid groups (broad SMARTS) is 2. The SMILES string of the molecule is COC1[C@H](O)C(OS(=O)(=O)O)C(OC2[C@H](O)C(NS(=O)(=O)O[Si](C)(C)C)[C@@H](OC)O[C@@H]2COS(=O)(=O)O)O[C@@H]1C(=O)O.I[I-]I.[CH2+]O[C@H]1O[C@H](COS(=O)(=O)O)C(OC2O[C@H](C(=O)O)C(OC)[C@H](O)C2OS(=O)(=O)O)[C@H](O)C1NS(=O)(=O)O. The van der Waals surface area contributed by atoms with E-state index in [-0.39, 0.29) is 0 Å². The molecule has 4 fully saturated rings. The largest absolute Gasteiger partial charge is 0.479 e. The summed E-state index contributed by atoms with van der Waals surface area (Å²) in [6.45, 7) is 2.22. The standard InChI is InChI=1S/C17H33NO20S3Si.C14H23NO20S3.I3/c1-31-12-10(20)13(37-41(28,29)30)17(36-14(12)15(21)22)35-11-7(6-33-40(25,26)27)34-16(32-2)8(9(11)19)18-39(23,24)38-42(3,4)5;1-29-9-7(17)10(35-38(26,27)28)14(34-11(9)12(18)19)33-8-4(3-31-37(23,24)25)32-13(30-2)5(6(8)16)15-36(20,21)22;1-3-2/h7-14,16-20H,6H2,1-5H3,(H,21,22)(H,25,26,27)(H,28,29,30);4-11,13-17H,2-3H2,1H3,(H3-,18,19,20,21,22,23,24,25,26,27,28);/q;;-1/p+1/t7-,8?,9-,10+,11?,12?,13?,14+,16+,17?;4-,5?,6-,7+,8?,9?,10?,11+,13+,14?;/m11./s1. The Labute approximate surface area is 503 Å². The summed E-state index contributed by atoms with van der Waals surface area (Å²) in [5, 5.41) is 62.1. The molecular weight excluding hydrogens is 1640 g/mol. The fourth-order valence-electron chi connectivity index (χ4n) is 7.63. The van der Waals surface area contributed by atoms with E-state index < -0.39 is 218 Å². The molecule has 10 unspecified atom stereocenters. The van der Waals surface area contributed by atoms with Gasteiger partial charge in [-0.1, -0.05) is 0 Å². The smallest absolute Gasteiger partial charge is 0.397 e. The van der Waals surface area contributed by atoms with Crippen LogP contribution in [0.2, 0.25) is 19.6 Å². The van der Waals surface area contributed by atoms with Crippen molar-refractivity contribution in [3.63, 3.8) is 0 Å². The number of hydrogen-bond acceptors (Lipinski definition) is 33. The monoisotopic (exact) mass is 1700 g/mol. The molecule has 4 saturated heterocycles. The molecule has 0 aromatic heterocycles. The van der Waals surface area contributed by atoms with Gasteiger partial charge in [0.05, 0.1) is 13.2 Å². The molecule has 0 bridgehead atoms. The van der Waals surface area contributed by atoms with Gasteiger partial charge in [0.25, 0.3) is 0 Å². The van der Waals surface area contributed by atoms with Crippen molar-refractivity contribution in [1.82, 2.24) is 9.44 Å². The Kier molecular flexibility index (Phi) is 31.2. The van der Waals surface area contributed by atoms with Crippen LogP contribution in [0.25, 0.3) is 0 Å². The van der Waals surface area contributed by atoms with Crippen molar-refractivity contribution >= 4 is 120 Å². The fraction of sp³-hybridized carbons (Fsp3) is 0.903. The van der Waals surface area contributed by atoms with Gasteiger partial charge in [0.15, 0.2) is 43.3 Å². The average Bonchev–Trinajstić information content (AvgIpc) is 2.84. The Morgan fingerprint density at radius 3 is 1.16 bits per heavy atom. The van der Waals surface area contributed by atoms with E-state index in [1.807, 2.05) is 4.72 Å². The molecule has 52 heteroatoms. The first-order valence-corrected chi connectivity index (χ1v) is 46.0. The van der Waals surface area contributed by atoms with Crippen molar-refractivity contribution in [1.29, 1.82) is 0 Å². The molecule has 0 amide bonds. The molecule has 0 radical (unpaired) electrons. The summed E-state index contributed by atoms with van der Waals surface area (Å²) in [5.74, 6) is -3.53. The normalized spacial score (nSPS) is 35.0. The van der Waals surface area contributed by atoms with E-state index in [1.54, 1.807) is 0 Å². The third kappa shape index (κ3) is 26.0. The van der Waals surface area contributed by atoms with Gasteiger partial charge < -0.3 is 77.1 Å². The van der Waals surface area contributed by atoms with Crippen molar-refractivity contribution in [3.05, 3.63) is 7.11 Å². The predicted octanol–water partition coefficient (Wildman–Crippen LogP) is -9.65. The Hall–Kier alpha value is -0.123. The van der Waals surface area contributed by atoms with Gasteiger partial charge in [-0.05, 0) is 19.6 Å². The van der Waals surface area contributed by atoms with E-state index in [0.29, 0.717) is 13.3 Å². The van der Waals surface area contributed by atoms with Crippen molar-refractivity contribution in [2.75, 3.05) is 34.5 Å². The molecule has 492 valence electrons. The molecule has 4 rings (SSSR count). The maximum atomic E-state index is 12.6. The molecule has 0 aromatic carbocycles. The van der Waals surface area contributed by atoms with Gasteiger partial charge in [-0.2, -0.15) is 64.7 Å². The Morgan fingerprint density at radius 1 is 0.530 bits per heavy atom. The summed E-state index contributed by atoms with van der Waals surface area (Å²) in [5.41, 5.74) is 0. The zero-order valence-electron chi connectivity index (χ0n) is 42.5. The third-order valence-corrected chi connectivity index (χ3v) is 16.4. The van der Waals surface area contributed by atoms with Gasteiger partial charge in [0.1, 0.15) is 73.1 Å². The number of carboxylic acids is 2. The number of aliphatic hydroxyl groups excluding tert-OH is 4. The molecule has 0 saturated carbocycles. The fourth-order valence-corrected chi connectivity index (χ4v) is 13.2. The molecular formula is C31H57I3N2O40S6Si. The second-order valence-corrected chi connectivity index (χ2v) is 45.2. The molecule has 42 nitrogen and oxygen atoms in total. The zero-order chi connectivity index (χ0) is 64.3. The van der Waals surface area contributed by atoms with E-state index in [9.17, 15) is 95.3 Å². The number of nitrogens with one attached hydrogen (secondary N) is 2. The number of aliphatic carboxylic acids is 2. The van der Waals surface area contributed by atoms with Crippen LogP contribution in [0.4, 0.5) is 0 Å². The average molecular weight is 1700 g/mol. The molecule has 83 heavy (non-hydrogen) atoms. The van der Waals surface area contributed by atoms with Crippen molar-refractivity contribution in [2.45, 2.75) is 142 Å². The van der Waals surface area contributed by atoms with Crippen LogP contribution in [0.3, 0.4) is 0 Å². The maximum absolute atomic E-state index is 12.6. The number of rotatable bonds is 26. The van der Waals surface area contributed by atoms with Gasteiger partial charge >= 0.3 is 125 Å². The quantitative estimate of drug-likeness (QED) is 0.0166. The number of aliphatic hydroxyl groups is 4. The molecule has 4 heterocycles. The minimum absolute atomic E-state index is 0.530. The summed E-state index contributed by atoms with van der Waals surface area (Å²) >= 11 is 5.30. The van der Waals surface area contributed by atoms with Gasteiger partial charge in [-0.3, -0.25) is 22.8 Å². The minimum Gasteiger partial charge on any atom is -0.479 e. The number of methoxy groups -OCH3 is 3. The summed E-state index contributed by atoms with van der Waals surface area (Å²) < 4.78 is 261. The summed E-state index contributed by atoms with van der Waals surface area (Å²) in [6, 6.07) is -3.80. The number of carbonyl (C=O) groups is 2. The van der Waals surface area contributed by atoms with Gasteiger partial charge in [-0.15, -0.1) is 0 Å². The molecule has 13 N–H and O–H groups in total. The van der Waals surface area contributed by atoms with Crippen LogP contribution < -0.4 is 22.7 Å². The number of halogens is 3. The van der Waals surface area contributed by atoms with Crippen LogP contribution in [0.5, 0.6) is 0 Å². The maximum Gasteiger partial charge on any atom is 0.397 e. The van der Waals surface area contributed by atoms with E-state index in [2.05, 4.69) is 65.8 Å². The predicted molar refractivity (Wildman–Crippen MR) is 273 cm³/mol. The Morgan fingerprint density at radius 2 is 0.880 bits per heavy atom. The number of hydrogen-bond donors (Lipinski definition) is 13. The van der Waals surface area contributed by atoms with E-state index in [4.69, 9.17) is 64.7 Å². The van der Waals surface area contributed by atoms with Crippen LogP contribution in [0.15, 0.2) is 0 Å². The zero-order valence-corrected chi connectivity index (χ0v) is 54.9. The van der Waals surface area contributed by atoms with E-state index in [1.165, 1.54) is 24.4 Å². The molecule has 20 atom stereocenters. The Bertz CT molecular complexity index is 2810. The Balaban J connectivity index is 0.000000543. The van der Waals surface area contributed by atoms with Crippen LogP contribution >= 0.6 is 37.2 Å².